The fourth-order valence-corrected chi connectivity index (χ4v) is 8.16. The molecule has 6 rings (SSSR count). The van der Waals surface area contributed by atoms with Gasteiger partial charge in [-0.2, -0.15) is 0 Å². The van der Waals surface area contributed by atoms with Crippen molar-refractivity contribution >= 4 is 5.91 Å². The van der Waals surface area contributed by atoms with Crippen LogP contribution < -0.4 is 5.73 Å². The van der Waals surface area contributed by atoms with E-state index in [2.05, 4.69) is 18.7 Å². The van der Waals surface area contributed by atoms with Gasteiger partial charge in [-0.1, -0.05) is 13.8 Å². The second kappa shape index (κ2) is 3.96. The van der Waals surface area contributed by atoms with Crippen LogP contribution >= 0.6 is 0 Å². The molecule has 0 spiro atoms. The van der Waals surface area contributed by atoms with E-state index < -0.39 is 11.6 Å². The highest BCUT2D eigenvalue weighted by molar-refractivity contribution is 5.84. The Labute approximate surface area is 138 Å². The first-order chi connectivity index (χ1) is 10.7. The summed E-state index contributed by atoms with van der Waals surface area (Å²) in [4.78, 5) is 15.2. The zero-order valence-corrected chi connectivity index (χ0v) is 14.5. The first-order valence-electron chi connectivity index (χ1n) is 9.44. The van der Waals surface area contributed by atoms with Crippen molar-refractivity contribution in [3.8, 4) is 0 Å². The summed E-state index contributed by atoms with van der Waals surface area (Å²) in [6, 6.07) is 0.0599. The molecular formula is C19H30N2O2. The van der Waals surface area contributed by atoms with Crippen molar-refractivity contribution in [2.75, 3.05) is 6.54 Å². The second-order valence-electron chi connectivity index (χ2n) is 10.6. The summed E-state index contributed by atoms with van der Waals surface area (Å²) >= 11 is 0. The van der Waals surface area contributed by atoms with Crippen molar-refractivity contribution in [1.82, 2.24) is 4.90 Å². The van der Waals surface area contributed by atoms with Crippen LogP contribution in [-0.2, 0) is 4.79 Å². The van der Waals surface area contributed by atoms with Crippen LogP contribution in [-0.4, -0.2) is 40.1 Å². The molecule has 0 radical (unpaired) electrons. The third kappa shape index (κ3) is 1.94. The molecule has 5 atom stereocenters. The van der Waals surface area contributed by atoms with Gasteiger partial charge in [0, 0.05) is 12.6 Å². The Bertz CT molecular complexity index is 534. The zero-order chi connectivity index (χ0) is 16.3. The van der Waals surface area contributed by atoms with Gasteiger partial charge in [-0.05, 0) is 73.5 Å². The Morgan fingerprint density at radius 3 is 2.26 bits per heavy atom. The van der Waals surface area contributed by atoms with Crippen molar-refractivity contribution in [1.29, 1.82) is 0 Å². The minimum atomic E-state index is -0.594. The Hall–Kier alpha value is -0.610. The van der Waals surface area contributed by atoms with Crippen LogP contribution in [0.5, 0.6) is 0 Å². The SMILES string of the molecule is CC12CC3(C)CC(O)(C1)CC([C@H](N)C(=O)N1CC[C@@H]4C[C@@H]41)(C2)C3. The van der Waals surface area contributed by atoms with E-state index in [0.717, 1.165) is 51.0 Å². The molecule has 1 heterocycles. The topological polar surface area (TPSA) is 66.6 Å². The van der Waals surface area contributed by atoms with Gasteiger partial charge in [0.1, 0.15) is 0 Å². The number of carbonyl (C=O) groups is 1. The van der Waals surface area contributed by atoms with Gasteiger partial charge in [-0.25, -0.2) is 0 Å². The number of aliphatic hydroxyl groups is 1. The fraction of sp³-hybridized carbons (Fsp3) is 0.947. The van der Waals surface area contributed by atoms with E-state index in [-0.39, 0.29) is 22.2 Å². The predicted molar refractivity (Wildman–Crippen MR) is 87.5 cm³/mol. The molecule has 1 amide bonds. The third-order valence-corrected chi connectivity index (χ3v) is 7.84. The van der Waals surface area contributed by atoms with Crippen molar-refractivity contribution in [3.63, 3.8) is 0 Å². The van der Waals surface area contributed by atoms with Crippen LogP contribution in [0, 0.1) is 22.2 Å². The Kier molecular flexibility index (Phi) is 2.53. The van der Waals surface area contributed by atoms with E-state index >= 15 is 0 Å². The molecule has 4 nitrogen and oxygen atoms in total. The average Bonchev–Trinajstić information content (AvgIpc) is 3.03. The lowest BCUT2D eigenvalue weighted by molar-refractivity contribution is -0.230. The van der Waals surface area contributed by atoms with Crippen LogP contribution in [0.3, 0.4) is 0 Å². The van der Waals surface area contributed by atoms with Crippen LogP contribution in [0.1, 0.15) is 65.2 Å². The van der Waals surface area contributed by atoms with Crippen molar-refractivity contribution < 1.29 is 9.90 Å². The monoisotopic (exact) mass is 318 g/mol. The van der Waals surface area contributed by atoms with Gasteiger partial charge in [-0.3, -0.25) is 4.79 Å². The maximum absolute atomic E-state index is 13.1. The van der Waals surface area contributed by atoms with Crippen molar-refractivity contribution in [2.24, 2.45) is 27.9 Å². The summed E-state index contributed by atoms with van der Waals surface area (Å²) in [5.74, 6) is 0.925. The highest BCUT2D eigenvalue weighted by Crippen LogP contribution is 2.71. The van der Waals surface area contributed by atoms with Gasteiger partial charge in [0.2, 0.25) is 5.91 Å². The Balaban J connectivity index is 1.48. The molecule has 23 heavy (non-hydrogen) atoms. The van der Waals surface area contributed by atoms with E-state index in [1.54, 1.807) is 0 Å². The smallest absolute Gasteiger partial charge is 0.240 e. The molecule has 0 aromatic rings. The third-order valence-electron chi connectivity index (χ3n) is 7.84. The van der Waals surface area contributed by atoms with Gasteiger partial charge in [0.25, 0.3) is 0 Å². The first kappa shape index (κ1) is 14.7. The summed E-state index contributed by atoms with van der Waals surface area (Å²) in [5.41, 5.74) is 6.19. The largest absolute Gasteiger partial charge is 0.390 e. The normalized spacial score (nSPS) is 57.5. The molecule has 3 N–H and O–H groups in total. The first-order valence-corrected chi connectivity index (χ1v) is 9.44. The molecule has 5 aliphatic carbocycles. The standard InChI is InChI=1S/C19H30N2O2/c1-16-6-17(2)8-18(7-16,11-19(23,9-16)10-17)14(20)15(22)21-4-3-12-5-13(12)21/h12-14,23H,3-11,20H2,1-2H3/t12-,13+,14-,16?,17?,18?,19?/m1/s1. The number of amides is 1. The summed E-state index contributed by atoms with van der Waals surface area (Å²) in [6.45, 7) is 5.52. The molecule has 1 aliphatic heterocycles. The summed E-state index contributed by atoms with van der Waals surface area (Å²) in [6.07, 6.45) is 8.10. The molecule has 2 unspecified atom stereocenters. The minimum Gasteiger partial charge on any atom is -0.390 e. The van der Waals surface area contributed by atoms with Gasteiger partial charge in [0.05, 0.1) is 11.6 Å². The van der Waals surface area contributed by atoms with Crippen LogP contribution in [0.2, 0.25) is 0 Å². The molecule has 128 valence electrons. The van der Waals surface area contributed by atoms with Gasteiger partial charge >= 0.3 is 0 Å². The number of carbonyl (C=O) groups excluding carboxylic acids is 1. The molecule has 0 aromatic heterocycles. The lowest BCUT2D eigenvalue weighted by Crippen LogP contribution is -2.68. The number of nitrogens with zero attached hydrogens (tertiary/aromatic N) is 1. The van der Waals surface area contributed by atoms with E-state index in [0.29, 0.717) is 6.04 Å². The average molecular weight is 318 g/mol. The number of hydrogen-bond donors (Lipinski definition) is 2. The van der Waals surface area contributed by atoms with Crippen molar-refractivity contribution in [3.05, 3.63) is 0 Å². The second-order valence-corrected chi connectivity index (χ2v) is 10.6. The number of nitrogens with two attached hydrogens (primary N) is 1. The highest BCUT2D eigenvalue weighted by atomic mass is 16.3. The molecular weight excluding hydrogens is 288 g/mol. The van der Waals surface area contributed by atoms with Crippen molar-refractivity contribution in [2.45, 2.75) is 82.9 Å². The van der Waals surface area contributed by atoms with Gasteiger partial charge in [-0.15, -0.1) is 0 Å². The van der Waals surface area contributed by atoms with Crippen LogP contribution in [0.25, 0.3) is 0 Å². The minimum absolute atomic E-state index is 0.156. The van der Waals surface area contributed by atoms with E-state index in [1.165, 1.54) is 12.8 Å². The van der Waals surface area contributed by atoms with Gasteiger partial charge in [0.15, 0.2) is 0 Å². The number of piperidine rings is 1. The molecule has 6 fully saturated rings. The fourth-order valence-electron chi connectivity index (χ4n) is 8.16. The summed E-state index contributed by atoms with van der Waals surface area (Å²) in [5, 5.41) is 11.2. The summed E-state index contributed by atoms with van der Waals surface area (Å²) in [7, 11) is 0. The molecule has 0 aromatic carbocycles. The highest BCUT2D eigenvalue weighted by Gasteiger charge is 2.68. The van der Waals surface area contributed by atoms with Gasteiger partial charge < -0.3 is 15.7 Å². The molecule has 1 saturated heterocycles. The van der Waals surface area contributed by atoms with Crippen LogP contribution in [0.15, 0.2) is 0 Å². The van der Waals surface area contributed by atoms with E-state index in [4.69, 9.17) is 5.73 Å². The Morgan fingerprint density at radius 1 is 1.13 bits per heavy atom. The maximum Gasteiger partial charge on any atom is 0.240 e. The number of fused-ring (bicyclic) bond motifs is 1. The predicted octanol–water partition coefficient (Wildman–Crippen LogP) is 2.05. The van der Waals surface area contributed by atoms with E-state index in [1.807, 2.05) is 0 Å². The van der Waals surface area contributed by atoms with Crippen LogP contribution in [0.4, 0.5) is 0 Å². The zero-order valence-electron chi connectivity index (χ0n) is 14.5. The summed E-state index contributed by atoms with van der Waals surface area (Å²) < 4.78 is 0. The quantitative estimate of drug-likeness (QED) is 0.819. The maximum atomic E-state index is 13.1. The molecule has 4 heteroatoms. The lowest BCUT2D eigenvalue weighted by Gasteiger charge is -2.69. The number of likely N-dealkylation sites (tertiary alicyclic amines) is 1. The molecule has 4 bridgehead atoms. The number of rotatable bonds is 2. The molecule has 6 aliphatic rings. The lowest BCUT2D eigenvalue weighted by atomic mass is 9.38. The Morgan fingerprint density at radius 2 is 1.78 bits per heavy atom. The van der Waals surface area contributed by atoms with E-state index in [9.17, 15) is 9.90 Å². The number of hydrogen-bond acceptors (Lipinski definition) is 3. The molecule has 5 saturated carbocycles.